The zero-order valence-electron chi connectivity index (χ0n) is 10.5. The summed E-state index contributed by atoms with van der Waals surface area (Å²) in [5.74, 6) is -0.421. The molecular formula is C13H15Cl2NO2. The summed E-state index contributed by atoms with van der Waals surface area (Å²) in [6.07, 6.45) is 0. The SMILES string of the molecule is CC(C)(C)C(=O)CNC(=O)c1ccc(Cl)cc1Cl. The number of hydrogen-bond donors (Lipinski definition) is 1. The topological polar surface area (TPSA) is 46.2 Å². The number of ketones is 1. The fraction of sp³-hybridized carbons (Fsp3) is 0.385. The van der Waals surface area contributed by atoms with E-state index in [-0.39, 0.29) is 23.3 Å². The third-order valence-corrected chi connectivity index (χ3v) is 2.97. The van der Waals surface area contributed by atoms with Crippen LogP contribution in [0.4, 0.5) is 0 Å². The second kappa shape index (κ2) is 5.72. The van der Waals surface area contributed by atoms with Crippen LogP contribution in [-0.4, -0.2) is 18.2 Å². The van der Waals surface area contributed by atoms with Gasteiger partial charge in [0, 0.05) is 10.4 Å². The monoisotopic (exact) mass is 287 g/mol. The molecule has 5 heteroatoms. The Kier molecular flexibility index (Phi) is 4.77. The van der Waals surface area contributed by atoms with Gasteiger partial charge in [0.25, 0.3) is 5.91 Å². The largest absolute Gasteiger partial charge is 0.345 e. The van der Waals surface area contributed by atoms with Gasteiger partial charge in [-0.1, -0.05) is 44.0 Å². The highest BCUT2D eigenvalue weighted by Gasteiger charge is 2.21. The predicted octanol–water partition coefficient (Wildman–Crippen LogP) is 3.34. The summed E-state index contributed by atoms with van der Waals surface area (Å²) in [5, 5.41) is 3.28. The van der Waals surface area contributed by atoms with Crippen molar-refractivity contribution in [1.29, 1.82) is 0 Å². The highest BCUT2D eigenvalue weighted by molar-refractivity contribution is 6.36. The lowest BCUT2D eigenvalue weighted by Crippen LogP contribution is -2.35. The number of nitrogens with one attached hydrogen (secondary N) is 1. The fourth-order valence-electron chi connectivity index (χ4n) is 1.19. The van der Waals surface area contributed by atoms with Crippen molar-refractivity contribution in [1.82, 2.24) is 5.32 Å². The molecule has 1 N–H and O–H groups in total. The Morgan fingerprint density at radius 3 is 2.33 bits per heavy atom. The molecule has 1 amide bonds. The average Bonchev–Trinajstić information content (AvgIpc) is 2.24. The van der Waals surface area contributed by atoms with Gasteiger partial charge in [-0.05, 0) is 18.2 Å². The first kappa shape index (κ1) is 15.0. The van der Waals surface area contributed by atoms with Crippen molar-refractivity contribution in [2.75, 3.05) is 6.54 Å². The highest BCUT2D eigenvalue weighted by Crippen LogP contribution is 2.21. The molecule has 0 aromatic heterocycles. The van der Waals surface area contributed by atoms with Crippen molar-refractivity contribution in [3.63, 3.8) is 0 Å². The summed E-state index contributed by atoms with van der Waals surface area (Å²) >= 11 is 11.6. The van der Waals surface area contributed by atoms with Gasteiger partial charge in [-0.25, -0.2) is 0 Å². The zero-order valence-corrected chi connectivity index (χ0v) is 12.0. The lowest BCUT2D eigenvalue weighted by atomic mass is 9.91. The molecule has 1 rings (SSSR count). The number of carbonyl (C=O) groups excluding carboxylic acids is 2. The lowest BCUT2D eigenvalue weighted by molar-refractivity contribution is -0.125. The van der Waals surface area contributed by atoms with Crippen molar-refractivity contribution in [3.8, 4) is 0 Å². The van der Waals surface area contributed by atoms with Crippen LogP contribution in [0.15, 0.2) is 18.2 Å². The molecule has 0 aliphatic carbocycles. The molecule has 0 radical (unpaired) electrons. The van der Waals surface area contributed by atoms with Crippen molar-refractivity contribution in [2.24, 2.45) is 5.41 Å². The van der Waals surface area contributed by atoms with Crippen LogP contribution in [0.3, 0.4) is 0 Å². The molecular weight excluding hydrogens is 273 g/mol. The molecule has 0 heterocycles. The number of rotatable bonds is 3. The maximum Gasteiger partial charge on any atom is 0.253 e. The van der Waals surface area contributed by atoms with Crippen molar-refractivity contribution < 1.29 is 9.59 Å². The van der Waals surface area contributed by atoms with Crippen LogP contribution in [0.25, 0.3) is 0 Å². The van der Waals surface area contributed by atoms with Gasteiger partial charge in [-0.15, -0.1) is 0 Å². The molecule has 3 nitrogen and oxygen atoms in total. The number of benzene rings is 1. The van der Waals surface area contributed by atoms with Gasteiger partial charge in [0.1, 0.15) is 0 Å². The quantitative estimate of drug-likeness (QED) is 0.927. The Morgan fingerprint density at radius 1 is 1.22 bits per heavy atom. The third-order valence-electron chi connectivity index (χ3n) is 2.42. The summed E-state index contributed by atoms with van der Waals surface area (Å²) in [5.41, 5.74) is -0.167. The summed E-state index contributed by atoms with van der Waals surface area (Å²) in [7, 11) is 0. The Labute approximate surface area is 116 Å². The normalized spacial score (nSPS) is 11.2. The van der Waals surface area contributed by atoms with E-state index in [1.807, 2.05) is 0 Å². The molecule has 0 saturated carbocycles. The third kappa shape index (κ3) is 4.00. The Hall–Kier alpha value is -1.06. The summed E-state index contributed by atoms with van der Waals surface area (Å²) < 4.78 is 0. The van der Waals surface area contributed by atoms with E-state index in [1.54, 1.807) is 26.8 Å². The van der Waals surface area contributed by atoms with E-state index in [4.69, 9.17) is 23.2 Å². The Morgan fingerprint density at radius 2 is 1.83 bits per heavy atom. The van der Waals surface area contributed by atoms with Crippen molar-refractivity contribution in [2.45, 2.75) is 20.8 Å². The van der Waals surface area contributed by atoms with E-state index in [0.717, 1.165) is 0 Å². The zero-order chi connectivity index (χ0) is 13.9. The van der Waals surface area contributed by atoms with Gasteiger partial charge in [-0.2, -0.15) is 0 Å². The first-order valence-corrected chi connectivity index (χ1v) is 6.24. The minimum Gasteiger partial charge on any atom is -0.345 e. The fourth-order valence-corrected chi connectivity index (χ4v) is 1.69. The molecule has 1 aromatic rings. The van der Waals surface area contributed by atoms with E-state index < -0.39 is 5.41 Å². The summed E-state index contributed by atoms with van der Waals surface area (Å²) in [6.45, 7) is 5.39. The molecule has 98 valence electrons. The molecule has 0 fully saturated rings. The van der Waals surface area contributed by atoms with E-state index in [1.165, 1.54) is 12.1 Å². The van der Waals surface area contributed by atoms with Gasteiger partial charge in [-0.3, -0.25) is 9.59 Å². The molecule has 0 unspecified atom stereocenters. The number of hydrogen-bond acceptors (Lipinski definition) is 2. The number of Topliss-reactive ketones (excluding diaryl/α,β-unsaturated/α-hetero) is 1. The van der Waals surface area contributed by atoms with Gasteiger partial charge in [0.15, 0.2) is 5.78 Å². The minimum absolute atomic E-state index is 0.0126. The molecule has 0 atom stereocenters. The number of carbonyl (C=O) groups is 2. The van der Waals surface area contributed by atoms with E-state index in [2.05, 4.69) is 5.32 Å². The number of amides is 1. The molecule has 0 aliphatic rings. The van der Waals surface area contributed by atoms with Crippen LogP contribution in [0.5, 0.6) is 0 Å². The van der Waals surface area contributed by atoms with Crippen LogP contribution in [0.1, 0.15) is 31.1 Å². The van der Waals surface area contributed by atoms with E-state index in [9.17, 15) is 9.59 Å². The lowest BCUT2D eigenvalue weighted by Gasteiger charge is -2.16. The maximum atomic E-state index is 11.8. The summed E-state index contributed by atoms with van der Waals surface area (Å²) in [4.78, 5) is 23.5. The van der Waals surface area contributed by atoms with Crippen LogP contribution in [-0.2, 0) is 4.79 Å². The van der Waals surface area contributed by atoms with Gasteiger partial charge >= 0.3 is 0 Å². The maximum absolute atomic E-state index is 11.8. The van der Waals surface area contributed by atoms with Crippen LogP contribution < -0.4 is 5.32 Å². The van der Waals surface area contributed by atoms with Crippen LogP contribution in [0, 0.1) is 5.41 Å². The van der Waals surface area contributed by atoms with Crippen LogP contribution in [0.2, 0.25) is 10.0 Å². The average molecular weight is 288 g/mol. The first-order valence-electron chi connectivity index (χ1n) is 5.48. The Bertz CT molecular complexity index is 478. The first-order chi connectivity index (χ1) is 8.21. The highest BCUT2D eigenvalue weighted by atomic mass is 35.5. The minimum atomic E-state index is -0.475. The summed E-state index contributed by atoms with van der Waals surface area (Å²) in [6, 6.07) is 4.60. The predicted molar refractivity (Wildman–Crippen MR) is 73.3 cm³/mol. The van der Waals surface area contributed by atoms with E-state index >= 15 is 0 Å². The van der Waals surface area contributed by atoms with Crippen LogP contribution >= 0.6 is 23.2 Å². The standard InChI is InChI=1S/C13H15Cl2NO2/c1-13(2,3)11(17)7-16-12(18)9-5-4-8(14)6-10(9)15/h4-6H,7H2,1-3H3,(H,16,18). The molecule has 0 bridgehead atoms. The van der Waals surface area contributed by atoms with Gasteiger partial charge in [0.05, 0.1) is 17.1 Å². The van der Waals surface area contributed by atoms with Crippen molar-refractivity contribution >= 4 is 34.9 Å². The van der Waals surface area contributed by atoms with Gasteiger partial charge in [0.2, 0.25) is 0 Å². The van der Waals surface area contributed by atoms with E-state index in [0.29, 0.717) is 10.6 Å². The van der Waals surface area contributed by atoms with Crippen molar-refractivity contribution in [3.05, 3.63) is 33.8 Å². The molecule has 0 aliphatic heterocycles. The Balaban J connectivity index is 2.70. The number of halogens is 2. The second-order valence-corrected chi connectivity index (χ2v) is 5.82. The smallest absolute Gasteiger partial charge is 0.253 e. The molecule has 0 saturated heterocycles. The molecule has 1 aromatic carbocycles. The molecule has 18 heavy (non-hydrogen) atoms. The molecule has 0 spiro atoms. The van der Waals surface area contributed by atoms with Gasteiger partial charge < -0.3 is 5.32 Å². The second-order valence-electron chi connectivity index (χ2n) is 4.98.